The summed E-state index contributed by atoms with van der Waals surface area (Å²) in [4.78, 5) is 53.4. The smallest absolute Gasteiger partial charge is 0.245 e. The lowest BCUT2D eigenvalue weighted by atomic mass is 9.95. The average molecular weight is 679 g/mol. The van der Waals surface area contributed by atoms with Crippen LogP contribution in [0.25, 0.3) is 11.1 Å². The largest absolute Gasteiger partial charge is 0.508 e. The third kappa shape index (κ3) is 11.0. The Morgan fingerprint density at radius 1 is 0.909 bits per heavy atom. The van der Waals surface area contributed by atoms with Crippen LogP contribution in [0.5, 0.6) is 11.5 Å². The number of nitrogens with two attached hydrogens (primary N) is 3. The molecule has 2 aromatic carbocycles. The first kappa shape index (κ1) is 40.7. The number of aromatic hydroxyl groups is 2. The minimum atomic E-state index is -1.19. The number of hydrogen-bond acceptors (Lipinski definition) is 9. The molecule has 16 heteroatoms. The molecule has 13 nitrogen and oxygen atoms in total. The van der Waals surface area contributed by atoms with E-state index in [-0.39, 0.29) is 94.2 Å². The number of carbonyl (C=O) groups excluding carboxylic acids is 4. The first-order valence-electron chi connectivity index (χ1n) is 13.5. The van der Waals surface area contributed by atoms with E-state index < -0.39 is 41.8 Å². The van der Waals surface area contributed by atoms with Crippen molar-refractivity contribution in [2.24, 2.45) is 17.2 Å². The van der Waals surface area contributed by atoms with Crippen molar-refractivity contribution in [2.45, 2.75) is 43.8 Å². The maximum Gasteiger partial charge on any atom is 0.245 e. The van der Waals surface area contributed by atoms with Crippen LogP contribution in [0.15, 0.2) is 36.4 Å². The minimum absolute atomic E-state index is 0. The van der Waals surface area contributed by atoms with E-state index >= 15 is 0 Å². The molecular formula is C28H42Cl3N7O6. The first-order valence-corrected chi connectivity index (χ1v) is 13.5. The second kappa shape index (κ2) is 19.1. The number of phenols is 2. The van der Waals surface area contributed by atoms with E-state index in [2.05, 4.69) is 16.0 Å². The lowest BCUT2D eigenvalue weighted by molar-refractivity contribution is -0.139. The van der Waals surface area contributed by atoms with Crippen molar-refractivity contribution < 1.29 is 29.4 Å². The molecule has 0 aliphatic carbocycles. The summed E-state index contributed by atoms with van der Waals surface area (Å²) in [6.07, 6.45) is 0.473. The van der Waals surface area contributed by atoms with Gasteiger partial charge in [-0.15, -0.1) is 37.2 Å². The van der Waals surface area contributed by atoms with Crippen LogP contribution in [0.2, 0.25) is 0 Å². The number of phenolic OH excluding ortho intramolecular Hbond substituents is 2. The van der Waals surface area contributed by atoms with Gasteiger partial charge in [0, 0.05) is 33.0 Å². The molecule has 3 rings (SSSR count). The Hall–Kier alpha value is -3.33. The van der Waals surface area contributed by atoms with Crippen LogP contribution in [-0.2, 0) is 32.0 Å². The van der Waals surface area contributed by atoms with Crippen molar-refractivity contribution in [3.8, 4) is 22.6 Å². The van der Waals surface area contributed by atoms with Crippen molar-refractivity contribution >= 4 is 60.8 Å². The van der Waals surface area contributed by atoms with E-state index in [9.17, 15) is 29.4 Å². The molecule has 0 spiro atoms. The van der Waals surface area contributed by atoms with Crippen LogP contribution in [0, 0.1) is 0 Å². The van der Waals surface area contributed by atoms with E-state index in [0.717, 1.165) is 0 Å². The third-order valence-electron chi connectivity index (χ3n) is 6.86. The second-order valence-electron chi connectivity index (χ2n) is 10.1. The van der Waals surface area contributed by atoms with Crippen LogP contribution in [0.1, 0.15) is 24.0 Å². The van der Waals surface area contributed by atoms with Gasteiger partial charge in [0.15, 0.2) is 0 Å². The Bertz CT molecular complexity index is 1290. The molecule has 1 heterocycles. The number of carbonyl (C=O) groups is 4. The molecule has 0 radical (unpaired) electrons. The molecule has 0 saturated heterocycles. The van der Waals surface area contributed by atoms with Crippen molar-refractivity contribution in [3.63, 3.8) is 0 Å². The van der Waals surface area contributed by atoms with Gasteiger partial charge in [-0.25, -0.2) is 0 Å². The first-order chi connectivity index (χ1) is 19.5. The molecule has 0 aromatic heterocycles. The number of likely N-dealkylation sites (N-methyl/N-ethyl adjacent to an activating group) is 1. The Kier molecular flexibility index (Phi) is 17.7. The van der Waals surface area contributed by atoms with Gasteiger partial charge in [-0.1, -0.05) is 12.1 Å². The SMILES string of the molecule is CN(CC(=O)NCCN)C(=O)[C@@H]1Cc2cc(ccc2O)-c2ccc(O)c(c2)C[C@H](N)C(=O)N[C@@H](CCCN)C(=O)N1.Cl.Cl.Cl. The molecule has 246 valence electrons. The topological polar surface area (TPSA) is 226 Å². The number of benzene rings is 2. The van der Waals surface area contributed by atoms with Gasteiger partial charge in [0.1, 0.15) is 23.6 Å². The highest BCUT2D eigenvalue weighted by Gasteiger charge is 2.31. The van der Waals surface area contributed by atoms with E-state index in [1.807, 2.05) is 0 Å². The zero-order valence-electron chi connectivity index (χ0n) is 24.3. The number of rotatable bonds is 8. The third-order valence-corrected chi connectivity index (χ3v) is 6.86. The van der Waals surface area contributed by atoms with Gasteiger partial charge in [0.05, 0.1) is 12.6 Å². The molecule has 11 N–H and O–H groups in total. The highest BCUT2D eigenvalue weighted by atomic mass is 35.5. The predicted molar refractivity (Wildman–Crippen MR) is 174 cm³/mol. The van der Waals surface area contributed by atoms with Crippen LogP contribution in [-0.4, -0.2) is 90.1 Å². The van der Waals surface area contributed by atoms with Crippen LogP contribution < -0.4 is 33.2 Å². The highest BCUT2D eigenvalue weighted by Crippen LogP contribution is 2.31. The molecule has 0 saturated carbocycles. The van der Waals surface area contributed by atoms with Gasteiger partial charge < -0.3 is 48.3 Å². The van der Waals surface area contributed by atoms with Gasteiger partial charge in [-0.05, 0) is 65.9 Å². The number of amides is 4. The van der Waals surface area contributed by atoms with E-state index in [1.165, 1.54) is 24.1 Å². The monoisotopic (exact) mass is 677 g/mol. The zero-order valence-corrected chi connectivity index (χ0v) is 26.7. The molecule has 4 amide bonds. The molecule has 3 atom stereocenters. The van der Waals surface area contributed by atoms with Crippen molar-refractivity contribution in [1.82, 2.24) is 20.9 Å². The van der Waals surface area contributed by atoms with Crippen LogP contribution >= 0.6 is 37.2 Å². The maximum absolute atomic E-state index is 13.5. The summed E-state index contributed by atoms with van der Waals surface area (Å²) in [5.41, 5.74) is 19.4. The summed E-state index contributed by atoms with van der Waals surface area (Å²) < 4.78 is 0. The molecular weight excluding hydrogens is 637 g/mol. The van der Waals surface area contributed by atoms with Crippen molar-refractivity contribution in [3.05, 3.63) is 47.5 Å². The highest BCUT2D eigenvalue weighted by molar-refractivity contribution is 5.94. The van der Waals surface area contributed by atoms with Gasteiger partial charge >= 0.3 is 0 Å². The zero-order chi connectivity index (χ0) is 30.1. The lowest BCUT2D eigenvalue weighted by Gasteiger charge is -2.27. The fraction of sp³-hybridized carbons (Fsp3) is 0.429. The Labute approximate surface area is 274 Å². The number of nitrogens with zero attached hydrogens (tertiary/aromatic N) is 1. The molecule has 0 unspecified atom stereocenters. The Morgan fingerprint density at radius 2 is 1.48 bits per heavy atom. The van der Waals surface area contributed by atoms with Crippen LogP contribution in [0.3, 0.4) is 0 Å². The normalized spacial score (nSPS) is 18.0. The fourth-order valence-electron chi connectivity index (χ4n) is 4.58. The van der Waals surface area contributed by atoms with E-state index in [1.54, 1.807) is 24.3 Å². The summed E-state index contributed by atoms with van der Waals surface area (Å²) in [5, 5.41) is 29.0. The Morgan fingerprint density at radius 3 is 2.02 bits per heavy atom. The lowest BCUT2D eigenvalue weighted by Crippen LogP contribution is -2.57. The molecule has 1 aliphatic rings. The summed E-state index contributed by atoms with van der Waals surface area (Å²) >= 11 is 0. The molecule has 44 heavy (non-hydrogen) atoms. The molecule has 4 bridgehead atoms. The van der Waals surface area contributed by atoms with Crippen LogP contribution in [0.4, 0.5) is 0 Å². The fourth-order valence-corrected chi connectivity index (χ4v) is 4.58. The number of halogens is 3. The summed E-state index contributed by atoms with van der Waals surface area (Å²) in [7, 11) is 1.42. The van der Waals surface area contributed by atoms with Gasteiger partial charge in [0.2, 0.25) is 23.6 Å². The number of hydrogen-bond donors (Lipinski definition) is 8. The second-order valence-corrected chi connectivity index (χ2v) is 10.1. The Balaban J connectivity index is 0.00000616. The van der Waals surface area contributed by atoms with Crippen molar-refractivity contribution in [2.75, 3.05) is 33.2 Å². The minimum Gasteiger partial charge on any atom is -0.508 e. The number of fused-ring (bicyclic) bond motifs is 5. The molecule has 0 fully saturated rings. The van der Waals surface area contributed by atoms with Gasteiger partial charge in [0.25, 0.3) is 0 Å². The molecule has 2 aromatic rings. The predicted octanol–water partition coefficient (Wildman–Crippen LogP) is -0.302. The summed E-state index contributed by atoms with van der Waals surface area (Å²) in [6.45, 7) is 0.455. The summed E-state index contributed by atoms with van der Waals surface area (Å²) in [6, 6.07) is 6.37. The molecule has 1 aliphatic heterocycles. The van der Waals surface area contributed by atoms with Gasteiger partial charge in [-0.3, -0.25) is 19.2 Å². The quantitative estimate of drug-likeness (QED) is 0.183. The summed E-state index contributed by atoms with van der Waals surface area (Å²) in [5.74, 6) is -2.40. The van der Waals surface area contributed by atoms with E-state index in [0.29, 0.717) is 28.7 Å². The van der Waals surface area contributed by atoms with Gasteiger partial charge in [-0.2, -0.15) is 0 Å². The van der Waals surface area contributed by atoms with E-state index in [4.69, 9.17) is 17.2 Å². The standard InChI is InChI=1S/C28H39N7O6.3ClH/c1-35(15-25(38)32-10-9-30)28(41)22-14-19-12-17(5-7-24(19)37)16-4-6-23(36)18(11-16)13-20(31)26(39)33-21(3-2-8-29)27(40)34-22;;;/h4-7,11-12,20-22,36-37H,2-3,8-10,13-15,29-31H2,1H3,(H,32,38)(H,33,39)(H,34,40);3*1H/t20-,21-,22-;;;/m0.../s1. The maximum atomic E-state index is 13.5. The average Bonchev–Trinajstić information content (AvgIpc) is 2.94. The van der Waals surface area contributed by atoms with Crippen molar-refractivity contribution in [1.29, 1.82) is 0 Å². The number of nitrogens with one attached hydrogen (secondary N) is 3.